The van der Waals surface area contributed by atoms with Gasteiger partial charge in [-0.05, 0) is 32.9 Å². The number of nitrogens with one attached hydrogen (secondary N) is 1. The summed E-state index contributed by atoms with van der Waals surface area (Å²) in [5, 5.41) is 10.9. The highest BCUT2D eigenvalue weighted by atomic mass is 35.5. The molecule has 0 radical (unpaired) electrons. The van der Waals surface area contributed by atoms with Crippen LogP contribution < -0.4 is 5.32 Å². The third-order valence-electron chi connectivity index (χ3n) is 2.02. The Balaban J connectivity index is 2.69. The van der Waals surface area contributed by atoms with Crippen LogP contribution >= 0.6 is 11.6 Å². The van der Waals surface area contributed by atoms with Gasteiger partial charge in [-0.15, -0.1) is 16.7 Å². The Bertz CT molecular complexity index is 259. The van der Waals surface area contributed by atoms with E-state index < -0.39 is 0 Å². The minimum atomic E-state index is -0.183. The molecule has 1 aromatic rings. The Labute approximate surface area is 83.5 Å². The first kappa shape index (κ1) is 10.3. The Morgan fingerprint density at radius 3 is 2.69 bits per heavy atom. The molecule has 3 nitrogen and oxygen atoms in total. The van der Waals surface area contributed by atoms with Gasteiger partial charge in [0.05, 0.1) is 5.38 Å². The van der Waals surface area contributed by atoms with Crippen LogP contribution in [0.5, 0.6) is 0 Å². The molecule has 0 aliphatic heterocycles. The topological polar surface area (TPSA) is 37.8 Å². The summed E-state index contributed by atoms with van der Waals surface area (Å²) in [6.45, 7) is 6.00. The van der Waals surface area contributed by atoms with Gasteiger partial charge in [0.1, 0.15) is 5.82 Å². The zero-order chi connectivity index (χ0) is 9.90. The van der Waals surface area contributed by atoms with Crippen molar-refractivity contribution >= 4 is 17.4 Å². The Morgan fingerprint density at radius 1 is 1.54 bits per heavy atom. The molecule has 4 heteroatoms. The first-order valence-electron chi connectivity index (χ1n) is 4.22. The summed E-state index contributed by atoms with van der Waals surface area (Å²) >= 11 is 6.01. The van der Waals surface area contributed by atoms with Gasteiger partial charge in [0.15, 0.2) is 0 Å². The maximum atomic E-state index is 6.01. The highest BCUT2D eigenvalue weighted by Crippen LogP contribution is 2.19. The highest BCUT2D eigenvalue weighted by Gasteiger charge is 2.23. The third-order valence-corrected chi connectivity index (χ3v) is 2.56. The van der Waals surface area contributed by atoms with Crippen LogP contribution in [-0.4, -0.2) is 21.1 Å². The van der Waals surface area contributed by atoms with Gasteiger partial charge in [0.2, 0.25) is 0 Å². The van der Waals surface area contributed by atoms with E-state index in [9.17, 15) is 0 Å². The van der Waals surface area contributed by atoms with Crippen molar-refractivity contribution in [3.05, 3.63) is 18.3 Å². The summed E-state index contributed by atoms with van der Waals surface area (Å²) in [6.07, 6.45) is 1.64. The van der Waals surface area contributed by atoms with Gasteiger partial charge >= 0.3 is 0 Å². The van der Waals surface area contributed by atoms with Crippen LogP contribution in [-0.2, 0) is 0 Å². The number of anilines is 1. The number of nitrogens with zero attached hydrogens (tertiary/aromatic N) is 2. The molecule has 1 N–H and O–H groups in total. The molecular weight excluding hydrogens is 186 g/mol. The van der Waals surface area contributed by atoms with Crippen molar-refractivity contribution in [1.29, 1.82) is 0 Å². The van der Waals surface area contributed by atoms with E-state index in [-0.39, 0.29) is 10.9 Å². The molecule has 0 bridgehead atoms. The normalized spacial score (nSPS) is 13.8. The first-order chi connectivity index (χ1) is 6.02. The fraction of sp³-hybridized carbons (Fsp3) is 0.556. The zero-order valence-corrected chi connectivity index (χ0v) is 8.84. The molecule has 0 aliphatic carbocycles. The molecule has 1 rings (SSSR count). The van der Waals surface area contributed by atoms with Gasteiger partial charge in [0, 0.05) is 11.7 Å². The second kappa shape index (κ2) is 3.92. The van der Waals surface area contributed by atoms with Crippen molar-refractivity contribution < 1.29 is 0 Å². The Morgan fingerprint density at radius 2 is 2.23 bits per heavy atom. The third kappa shape index (κ3) is 2.84. The second-order valence-electron chi connectivity index (χ2n) is 3.57. The molecule has 0 spiro atoms. The maximum absolute atomic E-state index is 6.01. The molecule has 1 unspecified atom stereocenters. The molecular formula is C9H14ClN3. The van der Waals surface area contributed by atoms with E-state index in [1.165, 1.54) is 0 Å². The van der Waals surface area contributed by atoms with Gasteiger partial charge in [-0.1, -0.05) is 0 Å². The van der Waals surface area contributed by atoms with Gasteiger partial charge in [-0.25, -0.2) is 0 Å². The predicted octanol–water partition coefficient (Wildman–Crippen LogP) is 2.29. The summed E-state index contributed by atoms with van der Waals surface area (Å²) in [5.41, 5.74) is -0.183. The molecule has 13 heavy (non-hydrogen) atoms. The lowest BCUT2D eigenvalue weighted by Gasteiger charge is -2.29. The molecule has 0 aromatic carbocycles. The van der Waals surface area contributed by atoms with Gasteiger partial charge in [-0.3, -0.25) is 0 Å². The molecule has 0 saturated heterocycles. The smallest absolute Gasteiger partial charge is 0.149 e. The average Bonchev–Trinajstić information content (AvgIpc) is 2.05. The van der Waals surface area contributed by atoms with E-state index in [1.807, 2.05) is 32.9 Å². The van der Waals surface area contributed by atoms with Crippen molar-refractivity contribution in [3.8, 4) is 0 Å². The molecule has 1 atom stereocenters. The van der Waals surface area contributed by atoms with E-state index in [2.05, 4.69) is 15.5 Å². The second-order valence-corrected chi connectivity index (χ2v) is 4.23. The van der Waals surface area contributed by atoms with Crippen molar-refractivity contribution in [2.45, 2.75) is 31.7 Å². The summed E-state index contributed by atoms with van der Waals surface area (Å²) in [6, 6.07) is 3.71. The van der Waals surface area contributed by atoms with Crippen LogP contribution in [0.4, 0.5) is 5.82 Å². The van der Waals surface area contributed by atoms with Crippen LogP contribution in [0.1, 0.15) is 20.8 Å². The molecule has 72 valence electrons. The largest absolute Gasteiger partial charge is 0.362 e. The van der Waals surface area contributed by atoms with E-state index in [0.29, 0.717) is 0 Å². The number of halogens is 1. The van der Waals surface area contributed by atoms with Crippen LogP contribution in [0.3, 0.4) is 0 Å². The van der Waals surface area contributed by atoms with Gasteiger partial charge < -0.3 is 5.32 Å². The number of hydrogen-bond donors (Lipinski definition) is 1. The van der Waals surface area contributed by atoms with Gasteiger partial charge in [-0.2, -0.15) is 5.10 Å². The van der Waals surface area contributed by atoms with Crippen molar-refractivity contribution in [1.82, 2.24) is 10.2 Å². The monoisotopic (exact) mass is 199 g/mol. The minimum absolute atomic E-state index is 0.0227. The van der Waals surface area contributed by atoms with Crippen molar-refractivity contribution in [2.75, 3.05) is 5.32 Å². The zero-order valence-electron chi connectivity index (χ0n) is 8.08. The summed E-state index contributed by atoms with van der Waals surface area (Å²) < 4.78 is 0. The Kier molecular flexibility index (Phi) is 3.09. The lowest BCUT2D eigenvalue weighted by molar-refractivity contribution is 0.551. The lowest BCUT2D eigenvalue weighted by atomic mass is 10.0. The van der Waals surface area contributed by atoms with Crippen LogP contribution in [0.2, 0.25) is 0 Å². The standard InChI is InChI=1S/C9H14ClN3/c1-7(10)9(2,3)12-8-5-4-6-11-13-8/h4-7H,1-3H3,(H,12,13). The fourth-order valence-corrected chi connectivity index (χ4v) is 0.852. The number of alkyl halides is 1. The van der Waals surface area contributed by atoms with E-state index in [1.54, 1.807) is 6.20 Å². The Hall–Kier alpha value is -0.830. The van der Waals surface area contributed by atoms with Crippen molar-refractivity contribution in [2.24, 2.45) is 0 Å². The van der Waals surface area contributed by atoms with E-state index >= 15 is 0 Å². The molecule has 0 aliphatic rings. The summed E-state index contributed by atoms with van der Waals surface area (Å²) in [7, 11) is 0. The van der Waals surface area contributed by atoms with Crippen LogP contribution in [0, 0.1) is 0 Å². The van der Waals surface area contributed by atoms with Crippen molar-refractivity contribution in [3.63, 3.8) is 0 Å². The minimum Gasteiger partial charge on any atom is -0.362 e. The molecule has 1 heterocycles. The summed E-state index contributed by atoms with van der Waals surface area (Å²) in [4.78, 5) is 0. The molecule has 1 aromatic heterocycles. The number of hydrogen-bond acceptors (Lipinski definition) is 3. The number of rotatable bonds is 3. The van der Waals surface area contributed by atoms with E-state index in [0.717, 1.165) is 5.82 Å². The fourth-order valence-electron chi connectivity index (χ4n) is 0.798. The predicted molar refractivity (Wildman–Crippen MR) is 55.0 cm³/mol. The first-order valence-corrected chi connectivity index (χ1v) is 4.66. The molecule has 0 amide bonds. The maximum Gasteiger partial charge on any atom is 0.149 e. The van der Waals surface area contributed by atoms with Gasteiger partial charge in [0.25, 0.3) is 0 Å². The lowest BCUT2D eigenvalue weighted by Crippen LogP contribution is -2.39. The van der Waals surface area contributed by atoms with E-state index in [4.69, 9.17) is 11.6 Å². The summed E-state index contributed by atoms with van der Waals surface area (Å²) in [5.74, 6) is 0.750. The quantitative estimate of drug-likeness (QED) is 0.760. The SMILES string of the molecule is CC(Cl)C(C)(C)Nc1cccnn1. The highest BCUT2D eigenvalue weighted by molar-refractivity contribution is 6.21. The van der Waals surface area contributed by atoms with Crippen LogP contribution in [0.25, 0.3) is 0 Å². The average molecular weight is 200 g/mol. The number of aromatic nitrogens is 2. The molecule has 0 fully saturated rings. The molecule has 0 saturated carbocycles. The van der Waals surface area contributed by atoms with Crippen LogP contribution in [0.15, 0.2) is 18.3 Å².